The molecule has 3 aromatic carbocycles. The van der Waals surface area contributed by atoms with Gasteiger partial charge in [0.15, 0.2) is 0 Å². The Bertz CT molecular complexity index is 1770. The van der Waals surface area contributed by atoms with Crippen molar-refractivity contribution >= 4 is 51.1 Å². The minimum atomic E-state index is -3.87. The molecule has 0 aliphatic carbocycles. The zero-order valence-corrected chi connectivity index (χ0v) is 24.9. The Labute approximate surface area is 250 Å². The monoisotopic (exact) mass is 600 g/mol. The fraction of sp³-hybridized carbons (Fsp3) is 0.156. The minimum Gasteiger partial charge on any atom is -0.444 e. The molecule has 0 radical (unpaired) electrons. The number of nitrogens with one attached hydrogen (secondary N) is 3. The molecule has 0 saturated heterocycles. The molecule has 0 bridgehead atoms. The maximum atomic E-state index is 13.2. The Balaban J connectivity index is 1.41. The van der Waals surface area contributed by atoms with Crippen LogP contribution in [0.3, 0.4) is 0 Å². The first-order valence-electron chi connectivity index (χ1n) is 13.3. The first kappa shape index (κ1) is 30.8. The van der Waals surface area contributed by atoms with Crippen LogP contribution in [-0.2, 0) is 24.3 Å². The zero-order chi connectivity index (χ0) is 31.2. The van der Waals surface area contributed by atoms with Gasteiger partial charge in [0.2, 0.25) is 11.8 Å². The van der Waals surface area contributed by atoms with Gasteiger partial charge in [-0.1, -0.05) is 36.4 Å². The normalized spacial score (nSPS) is 11.6. The van der Waals surface area contributed by atoms with Crippen LogP contribution in [0.4, 0.5) is 21.9 Å². The molecular weight excluding hydrogens is 568 g/mol. The number of carbonyl (C=O) groups excluding carboxylic acids is 3. The molecular formula is C32H32N4O6S. The summed E-state index contributed by atoms with van der Waals surface area (Å²) in [6.07, 6.45) is 4.91. The van der Waals surface area contributed by atoms with Gasteiger partial charge in [0, 0.05) is 31.1 Å². The number of para-hydroxylation sites is 2. The van der Waals surface area contributed by atoms with Gasteiger partial charge < -0.3 is 15.4 Å². The molecule has 0 aliphatic heterocycles. The molecule has 0 saturated carbocycles. The number of hydrogen-bond acceptors (Lipinski definition) is 6. The van der Waals surface area contributed by atoms with E-state index in [0.717, 1.165) is 15.1 Å². The van der Waals surface area contributed by atoms with Crippen molar-refractivity contribution in [2.24, 2.45) is 0 Å². The highest BCUT2D eigenvalue weighted by Gasteiger charge is 2.18. The van der Waals surface area contributed by atoms with Crippen LogP contribution in [0.15, 0.2) is 102 Å². The van der Waals surface area contributed by atoms with E-state index in [0.29, 0.717) is 22.6 Å². The fourth-order valence-corrected chi connectivity index (χ4v) is 5.20. The van der Waals surface area contributed by atoms with Gasteiger partial charge >= 0.3 is 6.09 Å². The average molecular weight is 601 g/mol. The molecule has 0 atom stereocenters. The summed E-state index contributed by atoms with van der Waals surface area (Å²) >= 11 is 0. The van der Waals surface area contributed by atoms with Crippen molar-refractivity contribution in [2.75, 3.05) is 16.0 Å². The number of aromatic nitrogens is 1. The summed E-state index contributed by atoms with van der Waals surface area (Å²) in [5.74, 6) is -0.639. The number of benzene rings is 3. The van der Waals surface area contributed by atoms with Crippen molar-refractivity contribution < 1.29 is 27.5 Å². The molecule has 3 N–H and O–H groups in total. The molecule has 4 rings (SSSR count). The fourth-order valence-electron chi connectivity index (χ4n) is 3.99. The van der Waals surface area contributed by atoms with Gasteiger partial charge in [-0.25, -0.2) is 17.2 Å². The molecule has 1 heterocycles. The molecule has 0 spiro atoms. The third kappa shape index (κ3) is 8.43. The lowest BCUT2D eigenvalue weighted by Crippen LogP contribution is -2.27. The predicted octanol–water partition coefficient (Wildman–Crippen LogP) is 6.35. The maximum Gasteiger partial charge on any atom is 0.412 e. The smallest absolute Gasteiger partial charge is 0.412 e. The summed E-state index contributed by atoms with van der Waals surface area (Å²) in [4.78, 5) is 36.1. The lowest BCUT2D eigenvalue weighted by atomic mass is 10.1. The molecule has 11 heteroatoms. The van der Waals surface area contributed by atoms with E-state index in [1.807, 2.05) is 12.1 Å². The van der Waals surface area contributed by atoms with Gasteiger partial charge in [0.25, 0.3) is 10.0 Å². The summed E-state index contributed by atoms with van der Waals surface area (Å²) < 4.78 is 32.8. The van der Waals surface area contributed by atoms with E-state index in [4.69, 9.17) is 4.74 Å². The topological polar surface area (TPSA) is 136 Å². The average Bonchev–Trinajstić information content (AvgIpc) is 3.42. The molecule has 0 fully saturated rings. The van der Waals surface area contributed by atoms with Gasteiger partial charge in [-0.2, -0.15) is 0 Å². The molecule has 0 aliphatic rings. The molecule has 1 aromatic heterocycles. The van der Waals surface area contributed by atoms with E-state index in [-0.39, 0.29) is 10.8 Å². The SMILES string of the molecule is CC(=O)Nc1ccc(-c2ccc(S(=O)(=O)n3ccc(C=CC(=O)Nc4ccccc4NC(=O)OC(C)(C)C)c3)cc2)cc1. The number of anilines is 3. The molecule has 4 aromatic rings. The van der Waals surface area contributed by atoms with Crippen molar-refractivity contribution in [3.8, 4) is 11.1 Å². The number of ether oxygens (including phenoxy) is 1. The van der Waals surface area contributed by atoms with Crippen LogP contribution in [0.25, 0.3) is 17.2 Å². The largest absolute Gasteiger partial charge is 0.444 e. The van der Waals surface area contributed by atoms with E-state index < -0.39 is 27.6 Å². The molecule has 10 nitrogen and oxygen atoms in total. The number of hydrogen-bond donors (Lipinski definition) is 3. The van der Waals surface area contributed by atoms with Crippen LogP contribution in [0.1, 0.15) is 33.3 Å². The molecule has 0 unspecified atom stereocenters. The first-order chi connectivity index (χ1) is 20.3. The summed E-state index contributed by atoms with van der Waals surface area (Å²) in [5.41, 5.74) is 2.91. The van der Waals surface area contributed by atoms with E-state index in [2.05, 4.69) is 16.0 Å². The predicted molar refractivity (Wildman–Crippen MR) is 167 cm³/mol. The molecule has 3 amide bonds. The maximum absolute atomic E-state index is 13.2. The number of nitrogens with zero attached hydrogens (tertiary/aromatic N) is 1. The van der Waals surface area contributed by atoms with Crippen molar-refractivity contribution in [1.82, 2.24) is 3.97 Å². The highest BCUT2D eigenvalue weighted by molar-refractivity contribution is 7.90. The third-order valence-electron chi connectivity index (χ3n) is 5.91. The van der Waals surface area contributed by atoms with Crippen LogP contribution >= 0.6 is 0 Å². The van der Waals surface area contributed by atoms with Gasteiger partial charge in [-0.15, -0.1) is 0 Å². The van der Waals surface area contributed by atoms with Crippen molar-refractivity contribution in [1.29, 1.82) is 0 Å². The number of rotatable bonds is 8. The van der Waals surface area contributed by atoms with Crippen LogP contribution in [0.5, 0.6) is 0 Å². The summed E-state index contributed by atoms with van der Waals surface area (Å²) in [6, 6.07) is 22.0. The lowest BCUT2D eigenvalue weighted by molar-refractivity contribution is -0.114. The summed E-state index contributed by atoms with van der Waals surface area (Å²) in [5, 5.41) is 8.03. The van der Waals surface area contributed by atoms with E-state index in [1.165, 1.54) is 43.6 Å². The highest BCUT2D eigenvalue weighted by atomic mass is 32.2. The van der Waals surface area contributed by atoms with Gasteiger partial charge in [-0.3, -0.25) is 14.9 Å². The van der Waals surface area contributed by atoms with Crippen molar-refractivity contribution in [3.05, 3.63) is 103 Å². The Kier molecular flexibility index (Phi) is 9.15. The number of carbonyl (C=O) groups is 3. The molecule has 222 valence electrons. The standard InChI is InChI=1S/C32H32N4O6S/c1-22(37)33-26-14-10-24(11-15-26)25-12-16-27(17-13-25)43(40,41)36-20-19-23(21-36)9-18-30(38)34-28-7-5-6-8-29(28)35-31(39)42-32(2,3)4/h5-21H,1-4H3,(H,33,37)(H,34,38)(H,35,39). The second kappa shape index (κ2) is 12.8. The molecule has 43 heavy (non-hydrogen) atoms. The minimum absolute atomic E-state index is 0.101. The second-order valence-corrected chi connectivity index (χ2v) is 12.4. The Morgan fingerprint density at radius 1 is 0.791 bits per heavy atom. The van der Waals surface area contributed by atoms with Crippen LogP contribution in [0.2, 0.25) is 0 Å². The van der Waals surface area contributed by atoms with Crippen LogP contribution < -0.4 is 16.0 Å². The number of amides is 3. The van der Waals surface area contributed by atoms with Gasteiger partial charge in [-0.05, 0) is 86.0 Å². The lowest BCUT2D eigenvalue weighted by Gasteiger charge is -2.20. The highest BCUT2D eigenvalue weighted by Crippen LogP contribution is 2.25. The van der Waals surface area contributed by atoms with E-state index >= 15 is 0 Å². The second-order valence-electron chi connectivity index (χ2n) is 10.6. The van der Waals surface area contributed by atoms with Crippen molar-refractivity contribution in [3.63, 3.8) is 0 Å². The third-order valence-corrected chi connectivity index (χ3v) is 7.56. The summed E-state index contributed by atoms with van der Waals surface area (Å²) in [7, 11) is -3.87. The van der Waals surface area contributed by atoms with Gasteiger partial charge in [0.1, 0.15) is 5.60 Å². The Hall–Kier alpha value is -5.16. The van der Waals surface area contributed by atoms with Crippen LogP contribution in [-0.4, -0.2) is 35.9 Å². The van der Waals surface area contributed by atoms with Gasteiger partial charge in [0.05, 0.1) is 16.3 Å². The summed E-state index contributed by atoms with van der Waals surface area (Å²) in [6.45, 7) is 6.68. The quantitative estimate of drug-likeness (QED) is 0.202. The van der Waals surface area contributed by atoms with E-state index in [1.54, 1.807) is 75.4 Å². The zero-order valence-electron chi connectivity index (χ0n) is 24.1. The van der Waals surface area contributed by atoms with Crippen molar-refractivity contribution in [2.45, 2.75) is 38.2 Å². The van der Waals surface area contributed by atoms with Crippen LogP contribution in [0, 0.1) is 0 Å². The first-order valence-corrected chi connectivity index (χ1v) is 14.7. The Morgan fingerprint density at radius 2 is 1.37 bits per heavy atom. The Morgan fingerprint density at radius 3 is 1.95 bits per heavy atom. The van der Waals surface area contributed by atoms with E-state index in [9.17, 15) is 22.8 Å².